The lowest BCUT2D eigenvalue weighted by Crippen LogP contribution is -2.42. The van der Waals surface area contributed by atoms with Gasteiger partial charge in [-0.15, -0.1) is 0 Å². The van der Waals surface area contributed by atoms with Gasteiger partial charge >= 0.3 is 0 Å². The quantitative estimate of drug-likeness (QED) is 0.517. The van der Waals surface area contributed by atoms with Crippen LogP contribution in [0.25, 0.3) is 11.1 Å². The number of aryl methyl sites for hydroxylation is 1. The molecular weight excluding hydrogens is 489 g/mol. The van der Waals surface area contributed by atoms with E-state index in [9.17, 15) is 8.60 Å². The van der Waals surface area contributed by atoms with E-state index in [1.807, 2.05) is 31.5 Å². The number of nitrogens with two attached hydrogens (primary N) is 1. The summed E-state index contributed by atoms with van der Waals surface area (Å²) in [7, 11) is -0.979. The lowest BCUT2D eigenvalue weighted by molar-refractivity contribution is 0.134. The van der Waals surface area contributed by atoms with Gasteiger partial charge in [-0.2, -0.15) is 0 Å². The number of H-pyrrole nitrogens is 1. The van der Waals surface area contributed by atoms with Crippen molar-refractivity contribution in [1.29, 1.82) is 0 Å². The highest BCUT2D eigenvalue weighted by molar-refractivity contribution is 7.82. The number of ether oxygens (including phenoxy) is 1. The Bertz CT molecular complexity index is 1160. The number of piperidine rings is 2. The minimum absolute atomic E-state index is 0.353. The summed E-state index contributed by atoms with van der Waals surface area (Å²) in [5.74, 6) is 2.94. The molecule has 4 heterocycles. The zero-order chi connectivity index (χ0) is 25.8. The molecule has 37 heavy (non-hydrogen) atoms. The van der Waals surface area contributed by atoms with Gasteiger partial charge in [-0.3, -0.25) is 4.98 Å². The monoisotopic (exact) mass is 527 g/mol. The van der Waals surface area contributed by atoms with E-state index in [2.05, 4.69) is 25.2 Å². The smallest absolute Gasteiger partial charge is 0.122 e. The molecule has 5 rings (SSSR count). The molecule has 2 saturated heterocycles. The molecule has 3 aliphatic rings. The Hall–Kier alpha value is -2.65. The van der Waals surface area contributed by atoms with E-state index < -0.39 is 17.2 Å². The minimum Gasteiger partial charge on any atom is -0.494 e. The molecule has 3 N–H and O–H groups in total. The summed E-state index contributed by atoms with van der Waals surface area (Å²) >= 11 is 0. The number of alkyl halides is 1. The van der Waals surface area contributed by atoms with Gasteiger partial charge in [0.05, 0.1) is 17.6 Å². The predicted molar refractivity (Wildman–Crippen MR) is 148 cm³/mol. The fourth-order valence-electron chi connectivity index (χ4n) is 5.64. The summed E-state index contributed by atoms with van der Waals surface area (Å²) in [6.45, 7) is 6.17. The van der Waals surface area contributed by atoms with Gasteiger partial charge in [0.2, 0.25) is 0 Å². The van der Waals surface area contributed by atoms with Crippen molar-refractivity contribution in [2.24, 2.45) is 11.8 Å². The number of hydrogen-bond acceptors (Lipinski definition) is 5. The van der Waals surface area contributed by atoms with Gasteiger partial charge in [-0.05, 0) is 68.9 Å². The van der Waals surface area contributed by atoms with Crippen LogP contribution in [-0.4, -0.2) is 63.2 Å². The number of aromatic nitrogens is 2. The molecule has 2 aliphatic heterocycles. The number of pyridine rings is 1. The molecule has 200 valence electrons. The third-order valence-corrected chi connectivity index (χ3v) is 9.43. The Morgan fingerprint density at radius 3 is 2.78 bits per heavy atom. The van der Waals surface area contributed by atoms with E-state index in [1.54, 1.807) is 12.2 Å². The number of rotatable bonds is 8. The normalized spacial score (nSPS) is 24.2. The number of nitrogens with zero attached hydrogens (tertiary/aromatic N) is 3. The number of nitrogen functional groups attached to an aromatic ring is 1. The highest BCUT2D eigenvalue weighted by Gasteiger charge is 2.29. The van der Waals surface area contributed by atoms with Crippen LogP contribution in [0, 0.1) is 18.8 Å². The van der Waals surface area contributed by atoms with Crippen LogP contribution in [-0.2, 0) is 15.7 Å². The highest BCUT2D eigenvalue weighted by atomic mass is 32.2. The molecule has 9 heteroatoms. The van der Waals surface area contributed by atoms with Crippen LogP contribution >= 0.6 is 0 Å². The van der Waals surface area contributed by atoms with Crippen molar-refractivity contribution in [3.63, 3.8) is 0 Å². The second kappa shape index (κ2) is 11.8. The molecule has 7 nitrogen and oxygen atoms in total. The first-order chi connectivity index (χ1) is 18.0. The summed E-state index contributed by atoms with van der Waals surface area (Å²) in [5.41, 5.74) is 10.4. The topological polar surface area (TPSA) is 87.5 Å². The second-order valence-corrected chi connectivity index (χ2v) is 11.9. The predicted octanol–water partition coefficient (Wildman–Crippen LogP) is 4.76. The molecule has 0 spiro atoms. The number of aromatic amines is 1. The minimum atomic E-state index is -0.979. The Balaban J connectivity index is 1.12. The van der Waals surface area contributed by atoms with E-state index in [1.165, 1.54) is 5.69 Å². The molecule has 3 atom stereocenters. The van der Waals surface area contributed by atoms with Crippen LogP contribution < -0.4 is 10.6 Å². The van der Waals surface area contributed by atoms with Gasteiger partial charge in [-0.1, -0.05) is 0 Å². The van der Waals surface area contributed by atoms with Crippen LogP contribution in [0.5, 0.6) is 0 Å². The van der Waals surface area contributed by atoms with Crippen molar-refractivity contribution in [1.82, 2.24) is 14.3 Å². The first-order valence-electron chi connectivity index (χ1n) is 13.4. The molecular formula is C28H38FN5O2S. The third kappa shape index (κ3) is 6.26. The fourth-order valence-corrected chi connectivity index (χ4v) is 7.30. The van der Waals surface area contributed by atoms with Crippen LogP contribution in [0.15, 0.2) is 48.5 Å². The molecule has 0 radical (unpaired) electrons. The lowest BCUT2D eigenvalue weighted by atomic mass is 9.96. The number of anilines is 2. The van der Waals surface area contributed by atoms with E-state index >= 15 is 0 Å². The first kappa shape index (κ1) is 26.0. The number of nitrogens with one attached hydrogen (secondary N) is 1. The van der Waals surface area contributed by atoms with Crippen LogP contribution in [0.4, 0.5) is 15.9 Å². The Kier molecular flexibility index (Phi) is 8.30. The molecule has 3 unspecified atom stereocenters. The van der Waals surface area contributed by atoms with E-state index in [4.69, 9.17) is 10.5 Å². The van der Waals surface area contributed by atoms with E-state index in [0.717, 1.165) is 80.2 Å². The largest absolute Gasteiger partial charge is 0.494 e. The van der Waals surface area contributed by atoms with Crippen molar-refractivity contribution < 1.29 is 13.3 Å². The molecule has 0 amide bonds. The van der Waals surface area contributed by atoms with Crippen molar-refractivity contribution in [3.05, 3.63) is 54.2 Å². The Morgan fingerprint density at radius 2 is 2.05 bits per heavy atom. The molecule has 2 aromatic rings. The molecule has 0 saturated carbocycles. The van der Waals surface area contributed by atoms with Gasteiger partial charge in [0.15, 0.2) is 0 Å². The molecule has 0 bridgehead atoms. The molecule has 2 aromatic heterocycles. The SMILES string of the molecule is Cc1nccc(N2CCC(CS(=O)N3CCCC(COC4=CCC(F)C=C4)C3)CC2)c1-c1cc[nH]c1N. The number of hydrogen-bond donors (Lipinski definition) is 2. The van der Waals surface area contributed by atoms with Crippen molar-refractivity contribution >= 4 is 22.5 Å². The number of allylic oxidation sites excluding steroid dienone is 3. The summed E-state index contributed by atoms with van der Waals surface area (Å²) < 4.78 is 34.6. The average Bonchev–Trinajstić information content (AvgIpc) is 3.34. The van der Waals surface area contributed by atoms with Crippen molar-refractivity contribution in [3.8, 4) is 11.1 Å². The fraction of sp³-hybridized carbons (Fsp3) is 0.536. The second-order valence-electron chi connectivity index (χ2n) is 10.4. The summed E-state index contributed by atoms with van der Waals surface area (Å²) in [5, 5.41) is 0. The summed E-state index contributed by atoms with van der Waals surface area (Å²) in [6, 6.07) is 4.09. The first-order valence-corrected chi connectivity index (χ1v) is 14.7. The van der Waals surface area contributed by atoms with Gasteiger partial charge in [0, 0.05) is 79.2 Å². The maximum atomic E-state index is 13.3. The Labute approximate surface area is 221 Å². The zero-order valence-electron chi connectivity index (χ0n) is 21.6. The Morgan fingerprint density at radius 1 is 1.22 bits per heavy atom. The molecule has 2 fully saturated rings. The molecule has 1 aliphatic carbocycles. The third-order valence-electron chi connectivity index (χ3n) is 7.77. The zero-order valence-corrected chi connectivity index (χ0v) is 22.4. The summed E-state index contributed by atoms with van der Waals surface area (Å²) in [6.07, 6.45) is 12.5. The lowest BCUT2D eigenvalue weighted by Gasteiger charge is -2.36. The molecule has 0 aromatic carbocycles. The van der Waals surface area contributed by atoms with Gasteiger partial charge in [0.25, 0.3) is 0 Å². The van der Waals surface area contributed by atoms with Crippen LogP contribution in [0.1, 0.15) is 37.8 Å². The standard InChI is InChI=1S/C28H38FN5O2S/c1-20-27(25-8-12-32-28(25)30)26(9-13-31-20)33-15-10-21(11-16-33)19-37(35)34-14-2-3-22(17-34)18-36-24-6-4-23(29)5-7-24/h4,6-9,12-13,21-23,32H,2-3,5,10-11,14-19,30H2,1H3. The van der Waals surface area contributed by atoms with Crippen molar-refractivity contribution in [2.45, 2.75) is 45.2 Å². The maximum Gasteiger partial charge on any atom is 0.122 e. The summed E-state index contributed by atoms with van der Waals surface area (Å²) in [4.78, 5) is 10.0. The van der Waals surface area contributed by atoms with Gasteiger partial charge in [-0.25, -0.2) is 12.9 Å². The number of halogens is 1. The van der Waals surface area contributed by atoms with Gasteiger partial charge in [0.1, 0.15) is 17.7 Å². The van der Waals surface area contributed by atoms with E-state index in [0.29, 0.717) is 30.7 Å². The van der Waals surface area contributed by atoms with E-state index in [-0.39, 0.29) is 0 Å². The highest BCUT2D eigenvalue weighted by Crippen LogP contribution is 2.37. The van der Waals surface area contributed by atoms with Gasteiger partial charge < -0.3 is 20.4 Å². The average molecular weight is 528 g/mol. The maximum absolute atomic E-state index is 13.3. The van der Waals surface area contributed by atoms with Crippen LogP contribution in [0.2, 0.25) is 0 Å². The van der Waals surface area contributed by atoms with Crippen molar-refractivity contribution in [2.75, 3.05) is 49.2 Å². The van der Waals surface area contributed by atoms with Crippen LogP contribution in [0.3, 0.4) is 0 Å².